The molecule has 166 valence electrons. The molecule has 2 amide bonds. The summed E-state index contributed by atoms with van der Waals surface area (Å²) in [4.78, 5) is 37.5. The Morgan fingerprint density at radius 2 is 1.93 bits per heavy atom. The molecule has 1 heterocycles. The maximum Gasteiger partial charge on any atom is 0.251 e. The number of nitrogens with two attached hydrogens (primary N) is 1. The van der Waals surface area contributed by atoms with Gasteiger partial charge in [0.15, 0.2) is 5.78 Å². The first-order chi connectivity index (χ1) is 14.3. The lowest BCUT2D eigenvalue weighted by Crippen LogP contribution is -2.52. The van der Waals surface area contributed by atoms with Crippen molar-refractivity contribution in [2.75, 3.05) is 18.9 Å². The Labute approximate surface area is 179 Å². The van der Waals surface area contributed by atoms with Gasteiger partial charge in [0.2, 0.25) is 5.91 Å². The Balaban J connectivity index is 0.00000155. The highest BCUT2D eigenvalue weighted by molar-refractivity contribution is 5.99. The molecule has 1 aromatic rings. The molecule has 2 aliphatic rings. The van der Waals surface area contributed by atoms with Crippen LogP contribution in [0.25, 0.3) is 0 Å². The largest absolute Gasteiger partial charge is 0.399 e. The minimum atomic E-state index is -0.707. The summed E-state index contributed by atoms with van der Waals surface area (Å²) in [6, 6.07) is 3.71. The van der Waals surface area contributed by atoms with Crippen LogP contribution in [0.1, 0.15) is 68.8 Å². The number of nitrogens with one attached hydrogen (secondary N) is 2. The molecule has 1 aliphatic heterocycles. The lowest BCUT2D eigenvalue weighted by molar-refractivity contribution is -0.127. The molecule has 3 rings (SSSR count). The van der Waals surface area contributed by atoms with E-state index < -0.39 is 12.1 Å². The first kappa shape index (κ1) is 23.9. The summed E-state index contributed by atoms with van der Waals surface area (Å²) < 4.78 is 5.11. The minimum Gasteiger partial charge on any atom is -0.399 e. The summed E-state index contributed by atoms with van der Waals surface area (Å²) in [7, 11) is 0. The molecule has 1 aliphatic carbocycles. The van der Waals surface area contributed by atoms with Gasteiger partial charge in [-0.15, -0.1) is 0 Å². The third-order valence-corrected chi connectivity index (χ3v) is 5.90. The number of nitrogen functional groups attached to an aromatic ring is 1. The van der Waals surface area contributed by atoms with Gasteiger partial charge >= 0.3 is 0 Å². The third kappa shape index (κ3) is 6.05. The van der Waals surface area contributed by atoms with Crippen molar-refractivity contribution in [2.45, 2.75) is 71.9 Å². The van der Waals surface area contributed by atoms with E-state index in [1.807, 2.05) is 20.8 Å². The Kier molecular flexibility index (Phi) is 8.41. The summed E-state index contributed by atoms with van der Waals surface area (Å²) in [5, 5.41) is 5.63. The first-order valence-electron chi connectivity index (χ1n) is 10.9. The van der Waals surface area contributed by atoms with Gasteiger partial charge in [-0.3, -0.25) is 14.4 Å². The van der Waals surface area contributed by atoms with Crippen LogP contribution in [-0.2, 0) is 14.3 Å². The number of hydrogen-bond donors (Lipinski definition) is 3. The maximum atomic E-state index is 12.9. The Hall–Kier alpha value is -2.41. The number of amides is 2. The SMILES string of the molecule is CC.Cc1cc(C(=O)NC(CC2(C)CCCC2)C(=O)NC2COCC2=O)ccc1N. The lowest BCUT2D eigenvalue weighted by atomic mass is 9.81. The summed E-state index contributed by atoms with van der Waals surface area (Å²) in [5.74, 6) is -0.795. The summed E-state index contributed by atoms with van der Waals surface area (Å²) in [5.41, 5.74) is 7.72. The predicted molar refractivity (Wildman–Crippen MR) is 117 cm³/mol. The fourth-order valence-corrected chi connectivity index (χ4v) is 4.06. The van der Waals surface area contributed by atoms with E-state index in [-0.39, 0.29) is 36.2 Å². The molecule has 1 aromatic carbocycles. The topological polar surface area (TPSA) is 111 Å². The summed E-state index contributed by atoms with van der Waals surface area (Å²) >= 11 is 0. The molecule has 4 N–H and O–H groups in total. The standard InChI is InChI=1S/C21H29N3O4.C2H6/c1-13-9-14(5-6-15(13)22)19(26)23-16(10-21(2)7-3-4-8-21)20(27)24-17-11-28-12-18(17)25;1-2/h5-6,9,16-17H,3-4,7-8,10-12,22H2,1-2H3,(H,23,26)(H,24,27);1-2H3. The van der Waals surface area contributed by atoms with Crippen molar-refractivity contribution in [3.05, 3.63) is 29.3 Å². The fourth-order valence-electron chi connectivity index (χ4n) is 4.06. The van der Waals surface area contributed by atoms with Crippen molar-refractivity contribution in [1.29, 1.82) is 0 Å². The molecule has 2 atom stereocenters. The van der Waals surface area contributed by atoms with Crippen LogP contribution in [0.15, 0.2) is 18.2 Å². The normalized spacial score (nSPS) is 20.8. The molecule has 2 fully saturated rings. The van der Waals surface area contributed by atoms with Crippen LogP contribution in [0, 0.1) is 12.3 Å². The van der Waals surface area contributed by atoms with E-state index in [9.17, 15) is 14.4 Å². The van der Waals surface area contributed by atoms with Crippen LogP contribution < -0.4 is 16.4 Å². The lowest BCUT2D eigenvalue weighted by Gasteiger charge is -2.29. The van der Waals surface area contributed by atoms with Crippen LogP contribution in [0.5, 0.6) is 0 Å². The van der Waals surface area contributed by atoms with Crippen LogP contribution in [0.4, 0.5) is 5.69 Å². The van der Waals surface area contributed by atoms with Crippen molar-refractivity contribution in [3.8, 4) is 0 Å². The second-order valence-corrected chi connectivity index (χ2v) is 8.36. The zero-order valence-electron chi connectivity index (χ0n) is 18.5. The highest BCUT2D eigenvalue weighted by atomic mass is 16.5. The first-order valence-corrected chi connectivity index (χ1v) is 10.9. The number of Topliss-reactive ketones (excluding diaryl/α,β-unsaturated/α-hetero) is 1. The van der Waals surface area contributed by atoms with Gasteiger partial charge in [0.25, 0.3) is 5.91 Å². The van der Waals surface area contributed by atoms with Gasteiger partial charge < -0.3 is 21.1 Å². The van der Waals surface area contributed by atoms with Crippen LogP contribution in [0.2, 0.25) is 0 Å². The van der Waals surface area contributed by atoms with E-state index >= 15 is 0 Å². The molecule has 7 nitrogen and oxygen atoms in total. The van der Waals surface area contributed by atoms with Crippen molar-refractivity contribution in [3.63, 3.8) is 0 Å². The molecule has 30 heavy (non-hydrogen) atoms. The van der Waals surface area contributed by atoms with Crippen molar-refractivity contribution >= 4 is 23.3 Å². The Morgan fingerprint density at radius 3 is 2.50 bits per heavy atom. The van der Waals surface area contributed by atoms with Gasteiger partial charge in [0, 0.05) is 11.3 Å². The molecule has 0 aromatic heterocycles. The van der Waals surface area contributed by atoms with Gasteiger partial charge in [-0.05, 0) is 55.4 Å². The monoisotopic (exact) mass is 417 g/mol. The molecule has 1 saturated carbocycles. The number of carbonyl (C=O) groups excluding carboxylic acids is 3. The van der Waals surface area contributed by atoms with Crippen molar-refractivity contribution in [1.82, 2.24) is 10.6 Å². The molecular weight excluding hydrogens is 382 g/mol. The average molecular weight is 418 g/mol. The molecule has 7 heteroatoms. The number of benzene rings is 1. The number of rotatable bonds is 6. The van der Waals surface area contributed by atoms with E-state index in [4.69, 9.17) is 10.5 Å². The fraction of sp³-hybridized carbons (Fsp3) is 0.609. The number of aryl methyl sites for hydroxylation is 1. The zero-order valence-corrected chi connectivity index (χ0v) is 18.5. The molecule has 0 spiro atoms. The number of ether oxygens (including phenoxy) is 1. The highest BCUT2D eigenvalue weighted by Gasteiger charge is 2.37. The smallest absolute Gasteiger partial charge is 0.251 e. The van der Waals surface area contributed by atoms with E-state index in [0.717, 1.165) is 31.2 Å². The van der Waals surface area contributed by atoms with Gasteiger partial charge in [-0.25, -0.2) is 0 Å². The number of hydrogen-bond acceptors (Lipinski definition) is 5. The van der Waals surface area contributed by atoms with Gasteiger partial charge in [0.05, 0.1) is 6.61 Å². The van der Waals surface area contributed by atoms with E-state index in [0.29, 0.717) is 17.7 Å². The molecule has 0 radical (unpaired) electrons. The maximum absolute atomic E-state index is 12.9. The molecule has 0 bridgehead atoms. The van der Waals surface area contributed by atoms with Crippen LogP contribution in [-0.4, -0.2) is 42.9 Å². The van der Waals surface area contributed by atoms with Gasteiger partial charge in [-0.1, -0.05) is 33.6 Å². The summed E-state index contributed by atoms with van der Waals surface area (Å²) in [6.45, 7) is 8.19. The van der Waals surface area contributed by atoms with E-state index in [1.54, 1.807) is 18.2 Å². The van der Waals surface area contributed by atoms with Crippen LogP contribution >= 0.6 is 0 Å². The molecule has 1 saturated heterocycles. The van der Waals surface area contributed by atoms with Crippen LogP contribution in [0.3, 0.4) is 0 Å². The average Bonchev–Trinajstić information content (AvgIpc) is 3.33. The van der Waals surface area contributed by atoms with E-state index in [2.05, 4.69) is 17.6 Å². The Morgan fingerprint density at radius 1 is 1.27 bits per heavy atom. The summed E-state index contributed by atoms with van der Waals surface area (Å²) in [6.07, 6.45) is 4.86. The molecular formula is C23H35N3O4. The highest BCUT2D eigenvalue weighted by Crippen LogP contribution is 2.41. The quantitative estimate of drug-likeness (QED) is 0.617. The molecule has 2 unspecified atom stereocenters. The van der Waals surface area contributed by atoms with E-state index in [1.165, 1.54) is 0 Å². The second kappa shape index (κ2) is 10.6. The van der Waals surface area contributed by atoms with Gasteiger partial charge in [-0.2, -0.15) is 0 Å². The number of anilines is 1. The van der Waals surface area contributed by atoms with Gasteiger partial charge in [0.1, 0.15) is 18.7 Å². The number of carbonyl (C=O) groups is 3. The Bertz CT molecular complexity index is 772. The van der Waals surface area contributed by atoms with Crippen molar-refractivity contribution < 1.29 is 19.1 Å². The van der Waals surface area contributed by atoms with Crippen molar-refractivity contribution in [2.24, 2.45) is 5.41 Å². The number of ketones is 1. The zero-order chi connectivity index (χ0) is 22.3. The minimum absolute atomic E-state index is 0.00248. The second-order valence-electron chi connectivity index (χ2n) is 8.36. The third-order valence-electron chi connectivity index (χ3n) is 5.90. The predicted octanol–water partition coefficient (Wildman–Crippen LogP) is 2.76.